The Hall–Kier alpha value is -2.14. The largest absolute Gasteiger partial charge is 0.264 e. The molecular weight excluding hydrogens is 196 g/mol. The van der Waals surface area contributed by atoms with E-state index in [0.29, 0.717) is 0 Å². The van der Waals surface area contributed by atoms with Crippen molar-refractivity contribution in [3.63, 3.8) is 0 Å². The molecule has 1 aromatic carbocycles. The van der Waals surface area contributed by atoms with Gasteiger partial charge in [0.05, 0.1) is 11.6 Å². The predicted molar refractivity (Wildman–Crippen MR) is 63.9 cm³/mol. The van der Waals surface area contributed by atoms with Crippen LogP contribution < -0.4 is 0 Å². The summed E-state index contributed by atoms with van der Waals surface area (Å²) in [6.45, 7) is 4.01. The zero-order valence-corrected chi connectivity index (χ0v) is 9.36. The van der Waals surface area contributed by atoms with Crippen LogP contribution in [0, 0.1) is 25.2 Å². The average Bonchev–Trinajstić information content (AvgIpc) is 2.29. The molecule has 0 saturated carbocycles. The van der Waals surface area contributed by atoms with Gasteiger partial charge in [-0.15, -0.1) is 0 Å². The second-order valence-electron chi connectivity index (χ2n) is 3.83. The molecule has 0 radical (unpaired) electrons. The highest BCUT2D eigenvalue weighted by Crippen LogP contribution is 2.24. The second-order valence-corrected chi connectivity index (χ2v) is 3.83. The summed E-state index contributed by atoms with van der Waals surface area (Å²) in [5.41, 5.74) is 5.16. The standard InChI is InChI=1S/C14H12N2/c1-10-5-6-16-9-14(10)12-3-4-13(8-15)11(2)7-12/h3-7,9H,1-2H3. The van der Waals surface area contributed by atoms with Gasteiger partial charge in [0.2, 0.25) is 0 Å². The molecule has 0 unspecified atom stereocenters. The van der Waals surface area contributed by atoms with E-state index in [1.807, 2.05) is 37.4 Å². The van der Waals surface area contributed by atoms with Crippen molar-refractivity contribution in [2.45, 2.75) is 13.8 Å². The minimum Gasteiger partial charge on any atom is -0.264 e. The van der Waals surface area contributed by atoms with E-state index in [2.05, 4.69) is 18.0 Å². The minimum absolute atomic E-state index is 0.727. The molecule has 0 fully saturated rings. The van der Waals surface area contributed by atoms with Gasteiger partial charge in [0, 0.05) is 18.0 Å². The lowest BCUT2D eigenvalue weighted by molar-refractivity contribution is 1.28. The lowest BCUT2D eigenvalue weighted by Gasteiger charge is -2.06. The van der Waals surface area contributed by atoms with Crippen LogP contribution in [0.3, 0.4) is 0 Å². The summed E-state index contributed by atoms with van der Waals surface area (Å²) in [4.78, 5) is 4.13. The van der Waals surface area contributed by atoms with Crippen LogP contribution >= 0.6 is 0 Å². The van der Waals surface area contributed by atoms with Crippen LogP contribution in [0.1, 0.15) is 16.7 Å². The third-order valence-corrected chi connectivity index (χ3v) is 2.70. The second kappa shape index (κ2) is 4.16. The monoisotopic (exact) mass is 208 g/mol. The van der Waals surface area contributed by atoms with Gasteiger partial charge in [-0.25, -0.2) is 0 Å². The molecule has 0 aliphatic heterocycles. The Morgan fingerprint density at radius 3 is 2.56 bits per heavy atom. The molecule has 0 saturated heterocycles. The van der Waals surface area contributed by atoms with E-state index in [9.17, 15) is 0 Å². The van der Waals surface area contributed by atoms with Crippen LogP contribution in [0.25, 0.3) is 11.1 Å². The molecule has 1 aromatic heterocycles. The maximum absolute atomic E-state index is 8.87. The summed E-state index contributed by atoms with van der Waals surface area (Å²) in [7, 11) is 0. The number of nitrogens with zero attached hydrogens (tertiary/aromatic N) is 2. The van der Waals surface area contributed by atoms with Gasteiger partial charge in [0.15, 0.2) is 0 Å². The number of benzene rings is 1. The van der Waals surface area contributed by atoms with Gasteiger partial charge < -0.3 is 0 Å². The number of pyridine rings is 1. The van der Waals surface area contributed by atoms with Gasteiger partial charge in [-0.3, -0.25) is 4.98 Å². The highest BCUT2D eigenvalue weighted by molar-refractivity contribution is 5.67. The van der Waals surface area contributed by atoms with Crippen LogP contribution in [0.15, 0.2) is 36.7 Å². The third kappa shape index (κ3) is 1.80. The molecule has 0 spiro atoms. The van der Waals surface area contributed by atoms with Crippen molar-refractivity contribution in [2.24, 2.45) is 0 Å². The zero-order valence-electron chi connectivity index (χ0n) is 9.36. The molecule has 2 aromatic rings. The van der Waals surface area contributed by atoms with Gasteiger partial charge in [0.1, 0.15) is 0 Å². The number of aryl methyl sites for hydroxylation is 2. The summed E-state index contributed by atoms with van der Waals surface area (Å²) in [5.74, 6) is 0. The number of aromatic nitrogens is 1. The maximum Gasteiger partial charge on any atom is 0.0994 e. The van der Waals surface area contributed by atoms with Gasteiger partial charge in [0.25, 0.3) is 0 Å². The van der Waals surface area contributed by atoms with Crippen molar-refractivity contribution in [3.8, 4) is 17.2 Å². The van der Waals surface area contributed by atoms with Crippen molar-refractivity contribution in [1.29, 1.82) is 5.26 Å². The van der Waals surface area contributed by atoms with Gasteiger partial charge in [-0.05, 0) is 42.7 Å². The number of hydrogen-bond acceptors (Lipinski definition) is 2. The Labute approximate surface area is 95.2 Å². The molecule has 0 aliphatic carbocycles. The summed E-state index contributed by atoms with van der Waals surface area (Å²) in [6, 6.07) is 10.0. The predicted octanol–water partition coefficient (Wildman–Crippen LogP) is 3.24. The van der Waals surface area contributed by atoms with Gasteiger partial charge in [-0.2, -0.15) is 5.26 Å². The van der Waals surface area contributed by atoms with Crippen LogP contribution in [-0.4, -0.2) is 4.98 Å². The first-order chi connectivity index (χ1) is 7.72. The molecule has 1 heterocycles. The van der Waals surface area contributed by atoms with Crippen LogP contribution in [-0.2, 0) is 0 Å². The number of nitriles is 1. The SMILES string of the molecule is Cc1cc(-c2cnccc2C)ccc1C#N. The highest BCUT2D eigenvalue weighted by Gasteiger charge is 2.04. The maximum atomic E-state index is 8.87. The molecule has 16 heavy (non-hydrogen) atoms. The number of rotatable bonds is 1. The quantitative estimate of drug-likeness (QED) is 0.721. The first-order valence-corrected chi connectivity index (χ1v) is 5.14. The fraction of sp³-hybridized carbons (Fsp3) is 0.143. The first kappa shape index (κ1) is 10.4. The van der Waals surface area contributed by atoms with E-state index >= 15 is 0 Å². The van der Waals surface area contributed by atoms with Crippen LogP contribution in [0.5, 0.6) is 0 Å². The summed E-state index contributed by atoms with van der Waals surface area (Å²) in [6.07, 6.45) is 3.64. The van der Waals surface area contributed by atoms with E-state index < -0.39 is 0 Å². The van der Waals surface area contributed by atoms with E-state index in [1.54, 1.807) is 6.20 Å². The molecule has 2 rings (SSSR count). The number of hydrogen-bond donors (Lipinski definition) is 0. The normalized spacial score (nSPS) is 9.81. The van der Waals surface area contributed by atoms with E-state index in [4.69, 9.17) is 5.26 Å². The van der Waals surface area contributed by atoms with Gasteiger partial charge >= 0.3 is 0 Å². The molecule has 0 aliphatic rings. The Balaban J connectivity index is 2.55. The fourth-order valence-corrected chi connectivity index (χ4v) is 1.72. The Bertz CT molecular complexity index is 565. The molecule has 78 valence electrons. The van der Waals surface area contributed by atoms with Crippen LogP contribution in [0.4, 0.5) is 0 Å². The third-order valence-electron chi connectivity index (χ3n) is 2.70. The highest BCUT2D eigenvalue weighted by atomic mass is 14.6. The minimum atomic E-state index is 0.727. The van der Waals surface area contributed by atoms with E-state index in [-0.39, 0.29) is 0 Å². The average molecular weight is 208 g/mol. The van der Waals surface area contributed by atoms with Crippen molar-refractivity contribution < 1.29 is 0 Å². The van der Waals surface area contributed by atoms with E-state index in [1.165, 1.54) is 5.56 Å². The molecule has 2 heteroatoms. The van der Waals surface area contributed by atoms with E-state index in [0.717, 1.165) is 22.3 Å². The summed E-state index contributed by atoms with van der Waals surface area (Å²) in [5, 5.41) is 8.87. The smallest absolute Gasteiger partial charge is 0.0994 e. The van der Waals surface area contributed by atoms with Crippen molar-refractivity contribution in [1.82, 2.24) is 4.98 Å². The zero-order chi connectivity index (χ0) is 11.5. The van der Waals surface area contributed by atoms with Crippen LogP contribution in [0.2, 0.25) is 0 Å². The van der Waals surface area contributed by atoms with Crippen molar-refractivity contribution in [2.75, 3.05) is 0 Å². The van der Waals surface area contributed by atoms with Crippen molar-refractivity contribution in [3.05, 3.63) is 53.3 Å². The molecule has 2 nitrogen and oxygen atoms in total. The summed E-state index contributed by atoms with van der Waals surface area (Å²) >= 11 is 0. The molecule has 0 N–H and O–H groups in total. The van der Waals surface area contributed by atoms with Gasteiger partial charge in [-0.1, -0.05) is 12.1 Å². The summed E-state index contributed by atoms with van der Waals surface area (Å²) < 4.78 is 0. The molecular formula is C14H12N2. The first-order valence-electron chi connectivity index (χ1n) is 5.14. The molecule has 0 bridgehead atoms. The van der Waals surface area contributed by atoms with Crippen molar-refractivity contribution >= 4 is 0 Å². The lowest BCUT2D eigenvalue weighted by Crippen LogP contribution is -1.88. The Morgan fingerprint density at radius 2 is 1.94 bits per heavy atom. The Morgan fingerprint density at radius 1 is 1.12 bits per heavy atom. The molecule has 0 amide bonds. The fourth-order valence-electron chi connectivity index (χ4n) is 1.72. The lowest BCUT2D eigenvalue weighted by atomic mass is 9.99. The Kier molecular flexibility index (Phi) is 2.70. The molecule has 0 atom stereocenters. The topological polar surface area (TPSA) is 36.7 Å².